The van der Waals surface area contributed by atoms with Crippen molar-refractivity contribution in [1.82, 2.24) is 4.90 Å². The predicted molar refractivity (Wildman–Crippen MR) is 248 cm³/mol. The highest BCUT2D eigenvalue weighted by Crippen LogP contribution is 2.18. The Balaban J connectivity index is 2.60. The number of nitrogens with one attached hydrogen (secondary N) is 1. The Bertz CT molecular complexity index is 1260. The van der Waals surface area contributed by atoms with E-state index in [0.717, 1.165) is 122 Å². The van der Waals surface area contributed by atoms with Crippen LogP contribution in [0.1, 0.15) is 207 Å². The van der Waals surface area contributed by atoms with Gasteiger partial charge in [-0.1, -0.05) is 136 Å². The molecule has 1 N–H and O–H groups in total. The maximum absolute atomic E-state index is 12.5. The van der Waals surface area contributed by atoms with Crippen LogP contribution in [0.4, 0.5) is 11.4 Å². The molecule has 0 fully saturated rings. The third-order valence-electron chi connectivity index (χ3n) is 11.4. The van der Waals surface area contributed by atoms with Crippen LogP contribution in [-0.4, -0.2) is 82.9 Å². The molecule has 0 atom stereocenters. The highest BCUT2D eigenvalue weighted by molar-refractivity contribution is 5.74. The van der Waals surface area contributed by atoms with Crippen LogP contribution < -0.4 is 21.1 Å². The van der Waals surface area contributed by atoms with Gasteiger partial charge in [0.25, 0.3) is 10.9 Å². The molecule has 0 amide bonds. The molecule has 348 valence electrons. The zero-order valence-electron chi connectivity index (χ0n) is 39.2. The molecular weight excluding hydrogens is 759 g/mol. The molecule has 11 nitrogen and oxygen atoms in total. The zero-order chi connectivity index (χ0) is 44.1. The number of ether oxygens (including phenoxy) is 3. The second kappa shape index (κ2) is 37.8. The van der Waals surface area contributed by atoms with E-state index in [2.05, 4.69) is 31.0 Å². The van der Waals surface area contributed by atoms with Crippen molar-refractivity contribution >= 4 is 29.3 Å². The van der Waals surface area contributed by atoms with Crippen molar-refractivity contribution in [2.75, 3.05) is 70.3 Å². The molecule has 0 aliphatic rings. The molecule has 0 aromatic heterocycles. The summed E-state index contributed by atoms with van der Waals surface area (Å²) in [7, 11) is 3.55. The van der Waals surface area contributed by atoms with Crippen LogP contribution in [0.2, 0.25) is 0 Å². The minimum atomic E-state index is -0.445. The minimum Gasteiger partial charge on any atom is -0.466 e. The average molecular weight is 848 g/mol. The minimum absolute atomic E-state index is 0.0351. The van der Waals surface area contributed by atoms with Gasteiger partial charge in [0.2, 0.25) is 0 Å². The first-order valence-electron chi connectivity index (χ1n) is 24.6. The number of hydrogen-bond acceptors (Lipinski definition) is 11. The number of carbonyl (C=O) groups excluding carboxylic acids is 3. The second-order valence-corrected chi connectivity index (χ2v) is 17.3. The van der Waals surface area contributed by atoms with Crippen LogP contribution in [0, 0.1) is 5.92 Å². The second-order valence-electron chi connectivity index (χ2n) is 17.3. The molecule has 0 aliphatic carbocycles. The third-order valence-corrected chi connectivity index (χ3v) is 11.4. The number of hydrogen-bond donors (Lipinski definition) is 1. The Morgan fingerprint density at radius 3 is 1.42 bits per heavy atom. The van der Waals surface area contributed by atoms with Crippen molar-refractivity contribution in [2.24, 2.45) is 5.92 Å². The summed E-state index contributed by atoms with van der Waals surface area (Å²) in [5, 5.41) is 3.20. The first-order chi connectivity index (χ1) is 29.1. The fourth-order valence-corrected chi connectivity index (χ4v) is 7.57. The number of unbranched alkanes of at least 4 members (excludes halogenated alkanes) is 19. The molecule has 11 heteroatoms. The standard InChI is InChI=1S/C49H89N3O8/c1-6-9-12-15-16-17-20-25-32-43(53)58-39-29-22-21-27-36-52(38-30-35-50-46-47(51(4)5)49(57)48(46)56)37-28-26-31-42(40-59-44(54)33-23-18-13-10-7-2)41-60-45(55)34-24-19-14-11-8-3/h42,50H,6-41H2,1-5H3. The van der Waals surface area contributed by atoms with Crippen LogP contribution in [0.25, 0.3) is 0 Å². The van der Waals surface area contributed by atoms with E-state index in [9.17, 15) is 24.0 Å². The lowest BCUT2D eigenvalue weighted by molar-refractivity contribution is -0.149. The van der Waals surface area contributed by atoms with E-state index >= 15 is 0 Å². The molecular formula is C49H89N3O8. The molecule has 1 rings (SSSR count). The van der Waals surface area contributed by atoms with Crippen molar-refractivity contribution < 1.29 is 28.6 Å². The SMILES string of the molecule is CCCCCCCCCCC(=O)OCCCCCCN(CCCCC(COC(=O)CCCCCCC)COC(=O)CCCCCCC)CCCNc1c(N(C)C)c(=O)c1=O. The van der Waals surface area contributed by atoms with Gasteiger partial charge in [0.1, 0.15) is 11.4 Å². The maximum atomic E-state index is 12.5. The lowest BCUT2D eigenvalue weighted by Gasteiger charge is -2.24. The molecule has 1 aromatic carbocycles. The molecule has 0 saturated heterocycles. The van der Waals surface area contributed by atoms with Gasteiger partial charge in [0.05, 0.1) is 19.8 Å². The number of anilines is 2. The summed E-state index contributed by atoms with van der Waals surface area (Å²) >= 11 is 0. The van der Waals surface area contributed by atoms with Gasteiger partial charge in [-0.25, -0.2) is 0 Å². The summed E-state index contributed by atoms with van der Waals surface area (Å²) in [6.45, 7) is 10.9. The molecule has 0 bridgehead atoms. The number of nitrogens with zero attached hydrogens (tertiary/aromatic N) is 2. The number of rotatable bonds is 43. The summed E-state index contributed by atoms with van der Waals surface area (Å²) in [6.07, 6.45) is 29.3. The third kappa shape index (κ3) is 28.6. The van der Waals surface area contributed by atoms with Crippen molar-refractivity contribution in [3.63, 3.8) is 0 Å². The Labute approximate surface area is 365 Å². The molecule has 0 unspecified atom stereocenters. The first kappa shape index (κ1) is 55.1. The Morgan fingerprint density at radius 1 is 0.500 bits per heavy atom. The van der Waals surface area contributed by atoms with Gasteiger partial charge in [0, 0.05) is 45.8 Å². The van der Waals surface area contributed by atoms with Crippen molar-refractivity contribution in [3.05, 3.63) is 20.4 Å². The van der Waals surface area contributed by atoms with E-state index in [1.54, 1.807) is 19.0 Å². The Kier molecular flexibility index (Phi) is 34.7. The van der Waals surface area contributed by atoms with E-state index in [-0.39, 0.29) is 37.0 Å². The van der Waals surface area contributed by atoms with Gasteiger partial charge in [0.15, 0.2) is 0 Å². The van der Waals surface area contributed by atoms with Crippen LogP contribution in [-0.2, 0) is 28.6 Å². The monoisotopic (exact) mass is 848 g/mol. The summed E-state index contributed by atoms with van der Waals surface area (Å²) < 4.78 is 16.9. The summed E-state index contributed by atoms with van der Waals surface area (Å²) in [6, 6.07) is 0. The Morgan fingerprint density at radius 2 is 0.917 bits per heavy atom. The molecule has 1 aromatic rings. The van der Waals surface area contributed by atoms with Gasteiger partial charge in [-0.05, 0) is 71.0 Å². The molecule has 60 heavy (non-hydrogen) atoms. The van der Waals surface area contributed by atoms with Gasteiger partial charge < -0.3 is 29.3 Å². The van der Waals surface area contributed by atoms with Crippen LogP contribution in [0.15, 0.2) is 9.59 Å². The first-order valence-corrected chi connectivity index (χ1v) is 24.6. The lowest BCUT2D eigenvalue weighted by atomic mass is 10.0. The highest BCUT2D eigenvalue weighted by atomic mass is 16.5. The van der Waals surface area contributed by atoms with Gasteiger partial charge in [-0.2, -0.15) is 0 Å². The van der Waals surface area contributed by atoms with E-state index in [4.69, 9.17) is 14.2 Å². The van der Waals surface area contributed by atoms with Crippen molar-refractivity contribution in [2.45, 2.75) is 207 Å². The normalized spacial score (nSPS) is 11.4. The lowest BCUT2D eigenvalue weighted by Crippen LogP contribution is -2.40. The molecule has 0 spiro atoms. The smallest absolute Gasteiger partial charge is 0.305 e. The Hall–Kier alpha value is -2.95. The van der Waals surface area contributed by atoms with Crippen molar-refractivity contribution in [3.8, 4) is 0 Å². The summed E-state index contributed by atoms with van der Waals surface area (Å²) in [4.78, 5) is 65.6. The van der Waals surface area contributed by atoms with E-state index in [0.29, 0.717) is 43.8 Å². The molecule has 0 saturated carbocycles. The fraction of sp³-hybridized carbons (Fsp3) is 0.857. The van der Waals surface area contributed by atoms with Crippen molar-refractivity contribution in [1.29, 1.82) is 0 Å². The van der Waals surface area contributed by atoms with Crippen LogP contribution in [0.5, 0.6) is 0 Å². The van der Waals surface area contributed by atoms with Crippen LogP contribution >= 0.6 is 0 Å². The quantitative estimate of drug-likeness (QED) is 0.0292. The fourth-order valence-electron chi connectivity index (χ4n) is 7.57. The van der Waals surface area contributed by atoms with Gasteiger partial charge in [-0.3, -0.25) is 24.0 Å². The number of carbonyl (C=O) groups is 3. The molecule has 0 aliphatic heterocycles. The molecule has 0 radical (unpaired) electrons. The summed E-state index contributed by atoms with van der Waals surface area (Å²) in [5.74, 6) is -0.447. The molecule has 0 heterocycles. The highest BCUT2D eigenvalue weighted by Gasteiger charge is 2.22. The predicted octanol–water partition coefficient (Wildman–Crippen LogP) is 10.7. The van der Waals surface area contributed by atoms with Gasteiger partial charge in [-0.15, -0.1) is 0 Å². The summed E-state index contributed by atoms with van der Waals surface area (Å²) in [5.41, 5.74) is -0.0228. The van der Waals surface area contributed by atoms with E-state index in [1.165, 1.54) is 64.2 Å². The van der Waals surface area contributed by atoms with Crippen LogP contribution in [0.3, 0.4) is 0 Å². The maximum Gasteiger partial charge on any atom is 0.305 e. The topological polar surface area (TPSA) is 132 Å². The zero-order valence-corrected chi connectivity index (χ0v) is 39.2. The van der Waals surface area contributed by atoms with E-state index in [1.807, 2.05) is 0 Å². The van der Waals surface area contributed by atoms with E-state index < -0.39 is 10.9 Å². The van der Waals surface area contributed by atoms with Gasteiger partial charge >= 0.3 is 17.9 Å². The number of esters is 3. The largest absolute Gasteiger partial charge is 0.466 e. The average Bonchev–Trinajstić information content (AvgIpc) is 3.23.